The van der Waals surface area contributed by atoms with E-state index in [0.29, 0.717) is 18.4 Å². The molecule has 168 valence electrons. The maximum atomic E-state index is 12.6. The van der Waals surface area contributed by atoms with Crippen molar-refractivity contribution in [2.45, 2.75) is 37.5 Å². The Labute approximate surface area is 188 Å². The number of furan rings is 1. The third kappa shape index (κ3) is 4.62. The summed E-state index contributed by atoms with van der Waals surface area (Å²) < 4.78 is 33.5. The van der Waals surface area contributed by atoms with Gasteiger partial charge in [0.25, 0.3) is 0 Å². The zero-order valence-corrected chi connectivity index (χ0v) is 19.0. The zero-order valence-electron chi connectivity index (χ0n) is 18.1. The van der Waals surface area contributed by atoms with Crippen LogP contribution in [0.5, 0.6) is 0 Å². The Kier molecular flexibility index (Phi) is 5.84. The van der Waals surface area contributed by atoms with E-state index >= 15 is 0 Å². The third-order valence-corrected chi connectivity index (χ3v) is 7.95. The van der Waals surface area contributed by atoms with Gasteiger partial charge in [-0.1, -0.05) is 30.3 Å². The number of sulfonamides is 1. The molecule has 1 N–H and O–H groups in total. The van der Waals surface area contributed by atoms with Crippen molar-refractivity contribution >= 4 is 10.0 Å². The highest BCUT2D eigenvalue weighted by atomic mass is 32.2. The number of aryl methyl sites for hydroxylation is 1. The van der Waals surface area contributed by atoms with Crippen molar-refractivity contribution in [3.8, 4) is 11.5 Å². The number of fused-ring (bicyclic) bond motifs is 3. The Balaban J connectivity index is 1.25. The molecule has 2 aromatic heterocycles. The van der Waals surface area contributed by atoms with Gasteiger partial charge >= 0.3 is 0 Å². The number of aromatic nitrogens is 2. The number of hydrogen-bond acceptors (Lipinski definition) is 6. The molecule has 2 bridgehead atoms. The van der Waals surface area contributed by atoms with E-state index in [1.165, 1.54) is 0 Å². The van der Waals surface area contributed by atoms with E-state index < -0.39 is 10.0 Å². The maximum absolute atomic E-state index is 12.6. The Hall–Kier alpha value is -2.55. The molecule has 7 nitrogen and oxygen atoms in total. The second kappa shape index (κ2) is 8.77. The van der Waals surface area contributed by atoms with Crippen LogP contribution in [0.4, 0.5) is 0 Å². The summed E-state index contributed by atoms with van der Waals surface area (Å²) in [6, 6.07) is 15.4. The SMILES string of the molecule is Cc1nc(-c2ccco2)cc([C@@H]2CN3CC[C@H]2C[C@@H]3CNS(=O)(=O)Cc2ccccc2)n1. The molecule has 0 aliphatic carbocycles. The summed E-state index contributed by atoms with van der Waals surface area (Å²) in [6.45, 7) is 4.27. The molecule has 3 aliphatic rings. The van der Waals surface area contributed by atoms with E-state index in [2.05, 4.69) is 20.7 Å². The zero-order chi connectivity index (χ0) is 22.1. The van der Waals surface area contributed by atoms with Crippen molar-refractivity contribution < 1.29 is 12.8 Å². The lowest BCUT2D eigenvalue weighted by Crippen LogP contribution is -2.56. The highest BCUT2D eigenvalue weighted by molar-refractivity contribution is 7.88. The smallest absolute Gasteiger partial charge is 0.215 e. The molecule has 4 atom stereocenters. The van der Waals surface area contributed by atoms with Crippen LogP contribution >= 0.6 is 0 Å². The fourth-order valence-electron chi connectivity index (χ4n) is 5.08. The van der Waals surface area contributed by atoms with Gasteiger partial charge in [0, 0.05) is 30.7 Å². The van der Waals surface area contributed by atoms with E-state index in [1.54, 1.807) is 6.26 Å². The molecule has 3 aromatic rings. The van der Waals surface area contributed by atoms with E-state index in [-0.39, 0.29) is 11.8 Å². The summed E-state index contributed by atoms with van der Waals surface area (Å²) in [5.74, 6) is 2.33. The molecule has 3 aliphatic heterocycles. The predicted octanol–water partition coefficient (Wildman–Crippen LogP) is 3.34. The summed E-state index contributed by atoms with van der Waals surface area (Å²) in [6.07, 6.45) is 3.74. The Bertz CT molecular complexity index is 1170. The normalized spacial score (nSPS) is 25.2. The van der Waals surface area contributed by atoms with Gasteiger partial charge in [-0.2, -0.15) is 0 Å². The summed E-state index contributed by atoms with van der Waals surface area (Å²) in [4.78, 5) is 11.7. The van der Waals surface area contributed by atoms with E-state index in [1.807, 2.05) is 49.4 Å². The first-order valence-corrected chi connectivity index (χ1v) is 12.8. The minimum atomic E-state index is -3.36. The second-order valence-electron chi connectivity index (χ2n) is 8.84. The van der Waals surface area contributed by atoms with Crippen LogP contribution in [-0.4, -0.2) is 49.0 Å². The quantitative estimate of drug-likeness (QED) is 0.592. The van der Waals surface area contributed by atoms with Gasteiger partial charge in [0.15, 0.2) is 5.76 Å². The molecular weight excluding hydrogens is 424 g/mol. The topological polar surface area (TPSA) is 88.3 Å². The number of benzene rings is 1. The van der Waals surface area contributed by atoms with Gasteiger partial charge in [-0.25, -0.2) is 23.1 Å². The summed E-state index contributed by atoms with van der Waals surface area (Å²) in [5.41, 5.74) is 2.68. The monoisotopic (exact) mass is 452 g/mol. The number of piperidine rings is 3. The van der Waals surface area contributed by atoms with Crippen LogP contribution in [0.3, 0.4) is 0 Å². The molecule has 0 radical (unpaired) electrons. The van der Waals surface area contributed by atoms with Gasteiger partial charge in [0.1, 0.15) is 11.5 Å². The standard InChI is InChI=1S/C24H28N4O3S/c1-17-26-22(13-23(27-17)24-8-5-11-31-24)21-15-28-10-9-19(21)12-20(28)14-25-32(29,30)16-18-6-3-2-4-7-18/h2-8,11,13,19-21,25H,9-10,12,14-16H2,1H3/t19-,20+,21+/m0/s1. The first-order valence-electron chi connectivity index (χ1n) is 11.1. The summed E-state index contributed by atoms with van der Waals surface area (Å²) >= 11 is 0. The van der Waals surface area contributed by atoms with Crippen LogP contribution in [0.2, 0.25) is 0 Å². The van der Waals surface area contributed by atoms with Gasteiger partial charge in [0.05, 0.1) is 12.0 Å². The number of nitrogens with zero attached hydrogens (tertiary/aromatic N) is 3. The Morgan fingerprint density at radius 3 is 2.72 bits per heavy atom. The molecular formula is C24H28N4O3S. The molecule has 1 aromatic carbocycles. The molecule has 0 spiro atoms. The molecule has 32 heavy (non-hydrogen) atoms. The molecule has 6 rings (SSSR count). The van der Waals surface area contributed by atoms with Crippen LogP contribution in [0, 0.1) is 12.8 Å². The maximum Gasteiger partial charge on any atom is 0.215 e. The lowest BCUT2D eigenvalue weighted by Gasteiger charge is -2.49. The van der Waals surface area contributed by atoms with Crippen molar-refractivity contribution in [1.29, 1.82) is 0 Å². The average Bonchev–Trinajstić information content (AvgIpc) is 3.33. The fourth-order valence-corrected chi connectivity index (χ4v) is 6.26. The highest BCUT2D eigenvalue weighted by Gasteiger charge is 2.41. The number of rotatable bonds is 7. The van der Waals surface area contributed by atoms with Crippen molar-refractivity contribution in [2.75, 3.05) is 19.6 Å². The third-order valence-electron chi connectivity index (χ3n) is 6.63. The second-order valence-corrected chi connectivity index (χ2v) is 10.6. The van der Waals surface area contributed by atoms with Gasteiger partial charge in [-0.15, -0.1) is 0 Å². The highest BCUT2D eigenvalue weighted by Crippen LogP contribution is 2.41. The molecule has 5 heterocycles. The molecule has 0 amide bonds. The largest absolute Gasteiger partial charge is 0.463 e. The van der Waals surface area contributed by atoms with Crippen LogP contribution in [0.25, 0.3) is 11.5 Å². The van der Waals surface area contributed by atoms with Crippen molar-refractivity contribution in [2.24, 2.45) is 5.92 Å². The minimum Gasteiger partial charge on any atom is -0.463 e. The van der Waals surface area contributed by atoms with Gasteiger partial charge < -0.3 is 4.42 Å². The lowest BCUT2D eigenvalue weighted by atomic mass is 9.74. The van der Waals surface area contributed by atoms with E-state index in [0.717, 1.165) is 54.5 Å². The van der Waals surface area contributed by atoms with Crippen LogP contribution in [0.15, 0.2) is 59.2 Å². The van der Waals surface area contributed by atoms with Gasteiger partial charge in [-0.05, 0) is 56.0 Å². The van der Waals surface area contributed by atoms with E-state index in [9.17, 15) is 8.42 Å². The van der Waals surface area contributed by atoms with Crippen LogP contribution in [-0.2, 0) is 15.8 Å². The first-order chi connectivity index (χ1) is 15.5. The number of hydrogen-bond donors (Lipinski definition) is 1. The van der Waals surface area contributed by atoms with Gasteiger partial charge in [0.2, 0.25) is 10.0 Å². The minimum absolute atomic E-state index is 0.0163. The van der Waals surface area contributed by atoms with Crippen molar-refractivity contribution in [1.82, 2.24) is 19.6 Å². The van der Waals surface area contributed by atoms with Gasteiger partial charge in [-0.3, -0.25) is 4.90 Å². The first kappa shape index (κ1) is 21.3. The van der Waals surface area contributed by atoms with Crippen LogP contribution < -0.4 is 4.72 Å². The fraction of sp³-hybridized carbons (Fsp3) is 0.417. The van der Waals surface area contributed by atoms with E-state index in [4.69, 9.17) is 9.40 Å². The molecule has 3 fully saturated rings. The summed E-state index contributed by atoms with van der Waals surface area (Å²) in [7, 11) is -3.36. The molecule has 3 saturated heterocycles. The Morgan fingerprint density at radius 1 is 1.16 bits per heavy atom. The lowest BCUT2D eigenvalue weighted by molar-refractivity contribution is 0.0317. The Morgan fingerprint density at radius 2 is 2.00 bits per heavy atom. The van der Waals surface area contributed by atoms with Crippen LogP contribution in [0.1, 0.15) is 35.8 Å². The number of nitrogens with one attached hydrogen (secondary N) is 1. The van der Waals surface area contributed by atoms with Crippen molar-refractivity contribution in [3.63, 3.8) is 0 Å². The average molecular weight is 453 g/mol. The van der Waals surface area contributed by atoms with Crippen molar-refractivity contribution in [3.05, 3.63) is 71.9 Å². The molecule has 1 unspecified atom stereocenters. The predicted molar refractivity (Wildman–Crippen MR) is 122 cm³/mol. The molecule has 0 saturated carbocycles. The summed E-state index contributed by atoms with van der Waals surface area (Å²) in [5, 5.41) is 0. The molecule has 8 heteroatoms.